The summed E-state index contributed by atoms with van der Waals surface area (Å²) in [6, 6.07) is 13.9. The van der Waals surface area contributed by atoms with Gasteiger partial charge in [0.2, 0.25) is 5.91 Å². The molecule has 0 spiro atoms. The number of aromatic nitrogens is 5. The lowest BCUT2D eigenvalue weighted by atomic mass is 10.1. The quantitative estimate of drug-likeness (QED) is 0.379. The van der Waals surface area contributed by atoms with Gasteiger partial charge in [-0.15, -0.1) is 0 Å². The number of carbonyl (C=O) groups excluding carboxylic acids is 1. The molecule has 35 heavy (non-hydrogen) atoms. The lowest BCUT2D eigenvalue weighted by Crippen LogP contribution is -2.38. The van der Waals surface area contributed by atoms with Gasteiger partial charge in [0.25, 0.3) is 5.56 Å². The van der Waals surface area contributed by atoms with Crippen LogP contribution in [0.3, 0.4) is 0 Å². The third-order valence-electron chi connectivity index (χ3n) is 6.06. The minimum Gasteiger partial charge on any atom is -0.315 e. The van der Waals surface area contributed by atoms with Gasteiger partial charge in [0, 0.05) is 14.1 Å². The second kappa shape index (κ2) is 8.62. The van der Waals surface area contributed by atoms with Crippen molar-refractivity contribution in [1.29, 1.82) is 0 Å². The molecule has 0 N–H and O–H groups in total. The maximum Gasteiger partial charge on any atom is 0.332 e. The maximum atomic E-state index is 13.7. The van der Waals surface area contributed by atoms with Gasteiger partial charge in [-0.05, 0) is 36.6 Å². The molecule has 0 fully saturated rings. The van der Waals surface area contributed by atoms with Crippen LogP contribution in [0.15, 0.2) is 58.4 Å². The summed E-state index contributed by atoms with van der Waals surface area (Å²) in [7, 11) is 2.97. The van der Waals surface area contributed by atoms with E-state index < -0.39 is 11.2 Å². The van der Waals surface area contributed by atoms with Crippen molar-refractivity contribution in [1.82, 2.24) is 23.7 Å². The van der Waals surface area contributed by atoms with Crippen LogP contribution in [-0.2, 0) is 32.0 Å². The standard InChI is InChI=1S/C25H24N6O3S/c1-15-10-16(2)20-18(11-15)35-24(27-20)31(12-17-8-6-5-7-9-17)19(32)13-30-14-26-22-21(30)23(33)29(4)25(34)28(22)3/h5-11,14H,12-13H2,1-4H3. The largest absolute Gasteiger partial charge is 0.332 e. The number of fused-ring (bicyclic) bond motifs is 2. The highest BCUT2D eigenvalue weighted by atomic mass is 32.1. The molecule has 3 aromatic heterocycles. The summed E-state index contributed by atoms with van der Waals surface area (Å²) in [6.07, 6.45) is 1.43. The Morgan fingerprint density at radius 3 is 2.54 bits per heavy atom. The number of hydrogen-bond acceptors (Lipinski definition) is 6. The van der Waals surface area contributed by atoms with Crippen molar-refractivity contribution < 1.29 is 4.79 Å². The Kier molecular flexibility index (Phi) is 5.60. The minimum atomic E-state index is -0.492. The monoisotopic (exact) mass is 488 g/mol. The van der Waals surface area contributed by atoms with Gasteiger partial charge in [0.05, 0.1) is 23.1 Å². The van der Waals surface area contributed by atoms with E-state index >= 15 is 0 Å². The summed E-state index contributed by atoms with van der Waals surface area (Å²) in [5.74, 6) is -0.238. The molecule has 10 heteroatoms. The Morgan fingerprint density at radius 2 is 1.80 bits per heavy atom. The normalized spacial score (nSPS) is 11.4. The first-order chi connectivity index (χ1) is 16.7. The number of nitrogens with zero attached hydrogens (tertiary/aromatic N) is 6. The number of aryl methyl sites for hydroxylation is 3. The molecule has 0 aliphatic heterocycles. The molecule has 5 aromatic rings. The number of amides is 1. The van der Waals surface area contributed by atoms with E-state index in [1.807, 2.05) is 44.2 Å². The molecule has 1 amide bonds. The molecule has 0 saturated heterocycles. The summed E-state index contributed by atoms with van der Waals surface area (Å²) in [6.45, 7) is 4.27. The summed E-state index contributed by atoms with van der Waals surface area (Å²) in [4.78, 5) is 49.5. The van der Waals surface area contributed by atoms with Crippen LogP contribution in [0.25, 0.3) is 21.4 Å². The summed E-state index contributed by atoms with van der Waals surface area (Å²) in [5.41, 5.74) is 3.52. The molecule has 0 radical (unpaired) electrons. The molecule has 0 aliphatic rings. The molecule has 178 valence electrons. The molecule has 0 bridgehead atoms. The Balaban J connectivity index is 1.59. The fourth-order valence-electron chi connectivity index (χ4n) is 4.25. The zero-order chi connectivity index (χ0) is 24.9. The van der Waals surface area contributed by atoms with E-state index in [0.717, 1.165) is 31.5 Å². The molecule has 0 unspecified atom stereocenters. The fraction of sp³-hybridized carbons (Fsp3) is 0.240. The zero-order valence-electron chi connectivity index (χ0n) is 19.8. The van der Waals surface area contributed by atoms with Gasteiger partial charge in [0.1, 0.15) is 6.54 Å². The Hall–Kier alpha value is -4.05. The van der Waals surface area contributed by atoms with Gasteiger partial charge in [-0.25, -0.2) is 14.8 Å². The summed E-state index contributed by atoms with van der Waals surface area (Å²) in [5, 5.41) is 0.590. The Bertz CT molecular complexity index is 1710. The molecule has 3 heterocycles. The van der Waals surface area contributed by atoms with Crippen LogP contribution in [0.5, 0.6) is 0 Å². The van der Waals surface area contributed by atoms with Crippen molar-refractivity contribution in [3.63, 3.8) is 0 Å². The average molecular weight is 489 g/mol. The number of carbonyl (C=O) groups is 1. The third kappa shape index (κ3) is 3.95. The number of benzene rings is 2. The average Bonchev–Trinajstić information content (AvgIpc) is 3.45. The van der Waals surface area contributed by atoms with E-state index in [2.05, 4.69) is 17.1 Å². The Labute approximate surface area is 204 Å². The molecular formula is C25H24N6O3S. The van der Waals surface area contributed by atoms with Crippen molar-refractivity contribution in [3.05, 3.63) is 86.3 Å². The number of imidazole rings is 1. The molecule has 9 nitrogen and oxygen atoms in total. The third-order valence-corrected chi connectivity index (χ3v) is 7.08. The van der Waals surface area contributed by atoms with Crippen LogP contribution >= 0.6 is 11.3 Å². The van der Waals surface area contributed by atoms with Crippen LogP contribution in [-0.4, -0.2) is 29.6 Å². The zero-order valence-corrected chi connectivity index (χ0v) is 20.7. The fourth-order valence-corrected chi connectivity index (χ4v) is 5.41. The first kappa shape index (κ1) is 22.7. The Morgan fingerprint density at radius 1 is 1.06 bits per heavy atom. The first-order valence-electron chi connectivity index (χ1n) is 11.1. The predicted octanol–water partition coefficient (Wildman–Crippen LogP) is 2.89. The summed E-state index contributed by atoms with van der Waals surface area (Å²) < 4.78 is 4.84. The van der Waals surface area contributed by atoms with Gasteiger partial charge in [0.15, 0.2) is 16.3 Å². The molecule has 0 saturated carbocycles. The smallest absolute Gasteiger partial charge is 0.315 e. The van der Waals surface area contributed by atoms with E-state index in [1.54, 1.807) is 11.9 Å². The van der Waals surface area contributed by atoms with E-state index in [1.165, 1.54) is 33.8 Å². The summed E-state index contributed by atoms with van der Waals surface area (Å²) >= 11 is 1.47. The van der Waals surface area contributed by atoms with Gasteiger partial charge >= 0.3 is 5.69 Å². The molecule has 0 atom stereocenters. The van der Waals surface area contributed by atoms with E-state index in [4.69, 9.17) is 4.98 Å². The van der Waals surface area contributed by atoms with Crippen molar-refractivity contribution >= 4 is 43.8 Å². The van der Waals surface area contributed by atoms with Gasteiger partial charge in [-0.3, -0.25) is 23.6 Å². The van der Waals surface area contributed by atoms with Crippen molar-refractivity contribution in [3.8, 4) is 0 Å². The molecular weight excluding hydrogens is 464 g/mol. The molecule has 2 aromatic carbocycles. The first-order valence-corrected chi connectivity index (χ1v) is 11.9. The van der Waals surface area contributed by atoms with Crippen molar-refractivity contribution in [2.75, 3.05) is 4.90 Å². The number of hydrogen-bond donors (Lipinski definition) is 0. The number of thiazole rings is 1. The van der Waals surface area contributed by atoms with Crippen LogP contribution < -0.4 is 16.1 Å². The second-order valence-electron chi connectivity index (χ2n) is 8.64. The lowest BCUT2D eigenvalue weighted by Gasteiger charge is -2.20. The van der Waals surface area contributed by atoms with Crippen LogP contribution in [0, 0.1) is 13.8 Å². The maximum absolute atomic E-state index is 13.7. The van der Waals surface area contributed by atoms with Crippen molar-refractivity contribution in [2.24, 2.45) is 14.1 Å². The minimum absolute atomic E-state index is 0.120. The SMILES string of the molecule is Cc1cc(C)c2nc(N(Cc3ccccc3)C(=O)Cn3cnc4c3c(=O)n(C)c(=O)n4C)sc2c1. The van der Waals surface area contributed by atoms with Gasteiger partial charge in [-0.1, -0.05) is 47.7 Å². The van der Waals surface area contributed by atoms with E-state index in [0.29, 0.717) is 11.7 Å². The number of rotatable bonds is 5. The highest BCUT2D eigenvalue weighted by Gasteiger charge is 2.23. The topological polar surface area (TPSA) is 95.0 Å². The van der Waals surface area contributed by atoms with Gasteiger partial charge in [-0.2, -0.15) is 0 Å². The van der Waals surface area contributed by atoms with Gasteiger partial charge < -0.3 is 4.57 Å². The predicted molar refractivity (Wildman–Crippen MR) is 137 cm³/mol. The molecule has 0 aliphatic carbocycles. The molecule has 5 rings (SSSR count). The van der Waals surface area contributed by atoms with Crippen molar-refractivity contribution in [2.45, 2.75) is 26.9 Å². The van der Waals surface area contributed by atoms with Crippen LogP contribution in [0.4, 0.5) is 5.13 Å². The highest BCUT2D eigenvalue weighted by molar-refractivity contribution is 7.22. The van der Waals surface area contributed by atoms with E-state index in [-0.39, 0.29) is 23.6 Å². The van der Waals surface area contributed by atoms with Crippen LogP contribution in [0.2, 0.25) is 0 Å². The second-order valence-corrected chi connectivity index (χ2v) is 9.65. The lowest BCUT2D eigenvalue weighted by molar-refractivity contribution is -0.119. The van der Waals surface area contributed by atoms with Crippen LogP contribution in [0.1, 0.15) is 16.7 Å². The number of anilines is 1. The van der Waals surface area contributed by atoms with E-state index in [9.17, 15) is 14.4 Å². The highest BCUT2D eigenvalue weighted by Crippen LogP contribution is 2.32.